The van der Waals surface area contributed by atoms with Crippen LogP contribution in [0, 0.1) is 6.92 Å². The number of hydrogen-bond acceptors (Lipinski definition) is 6. The second-order valence-electron chi connectivity index (χ2n) is 4.59. The molecule has 1 aromatic heterocycles. The molecule has 2 aromatic rings. The number of benzene rings is 1. The molecule has 23 heavy (non-hydrogen) atoms. The molecule has 1 heterocycles. The summed E-state index contributed by atoms with van der Waals surface area (Å²) in [7, 11) is 0. The molecule has 0 aliphatic carbocycles. The molecule has 2 rings (SSSR count). The summed E-state index contributed by atoms with van der Waals surface area (Å²) in [6.07, 6.45) is 2.82. The van der Waals surface area contributed by atoms with E-state index in [0.717, 1.165) is 5.69 Å². The fraction of sp³-hybridized carbons (Fsp3) is 0.125. The third-order valence-electron chi connectivity index (χ3n) is 2.81. The molecule has 1 aromatic carbocycles. The van der Waals surface area contributed by atoms with Gasteiger partial charge in [0.05, 0.1) is 17.7 Å². The molecule has 0 radical (unpaired) electrons. The van der Waals surface area contributed by atoms with Crippen molar-refractivity contribution in [2.24, 2.45) is 5.10 Å². The van der Waals surface area contributed by atoms with Crippen molar-refractivity contribution in [1.82, 2.24) is 10.4 Å². The predicted octanol–water partition coefficient (Wildman–Crippen LogP) is 0.283. The molecule has 0 atom stereocenters. The molecule has 7 nitrogen and oxygen atoms in total. The lowest BCUT2D eigenvalue weighted by Gasteiger charge is -2.09. The van der Waals surface area contributed by atoms with Crippen LogP contribution in [0.25, 0.3) is 0 Å². The highest BCUT2D eigenvalue weighted by Gasteiger charge is 2.04. The minimum Gasteiger partial charge on any atom is -0.546 e. The largest absolute Gasteiger partial charge is 0.546 e. The predicted molar refractivity (Wildman–Crippen MR) is 81.0 cm³/mol. The maximum absolute atomic E-state index is 11.9. The van der Waals surface area contributed by atoms with E-state index in [1.54, 1.807) is 36.4 Å². The van der Waals surface area contributed by atoms with Crippen molar-refractivity contribution >= 4 is 18.1 Å². The van der Waals surface area contributed by atoms with Crippen LogP contribution in [0.2, 0.25) is 0 Å². The quantitative estimate of drug-likeness (QED) is 0.609. The molecule has 0 aliphatic heterocycles. The minimum absolute atomic E-state index is 0.326. The van der Waals surface area contributed by atoms with E-state index in [1.165, 1.54) is 12.4 Å². The van der Waals surface area contributed by atoms with Crippen LogP contribution < -0.4 is 15.3 Å². The van der Waals surface area contributed by atoms with E-state index >= 15 is 0 Å². The summed E-state index contributed by atoms with van der Waals surface area (Å²) in [5.74, 6) is -1.40. The number of carbonyl (C=O) groups is 2. The highest BCUT2D eigenvalue weighted by Crippen LogP contribution is 2.15. The van der Waals surface area contributed by atoms with Crippen molar-refractivity contribution in [1.29, 1.82) is 0 Å². The van der Waals surface area contributed by atoms with Crippen LogP contribution in [0.5, 0.6) is 5.75 Å². The number of nitrogens with one attached hydrogen (secondary N) is 1. The van der Waals surface area contributed by atoms with Crippen molar-refractivity contribution < 1.29 is 19.4 Å². The highest BCUT2D eigenvalue weighted by molar-refractivity contribution is 5.94. The molecule has 0 spiro atoms. The zero-order chi connectivity index (χ0) is 16.7. The number of pyridine rings is 1. The van der Waals surface area contributed by atoms with Crippen LogP contribution in [0.15, 0.2) is 47.7 Å². The Labute approximate surface area is 132 Å². The van der Waals surface area contributed by atoms with E-state index in [4.69, 9.17) is 4.74 Å². The normalized spacial score (nSPS) is 10.5. The molecule has 0 saturated heterocycles. The average molecular weight is 312 g/mol. The summed E-state index contributed by atoms with van der Waals surface area (Å²) in [4.78, 5) is 26.3. The summed E-state index contributed by atoms with van der Waals surface area (Å²) in [5.41, 5.74) is 4.08. The SMILES string of the molecule is Cc1ccc(C(=O)N/N=C/c2ccccc2OCC(=O)[O-])cn1. The first-order valence-electron chi connectivity index (χ1n) is 6.74. The lowest BCUT2D eigenvalue weighted by Crippen LogP contribution is -2.29. The third-order valence-corrected chi connectivity index (χ3v) is 2.81. The van der Waals surface area contributed by atoms with E-state index in [-0.39, 0.29) is 0 Å². The zero-order valence-electron chi connectivity index (χ0n) is 12.4. The minimum atomic E-state index is -1.32. The Morgan fingerprint density at radius 1 is 1.30 bits per heavy atom. The fourth-order valence-corrected chi connectivity index (χ4v) is 1.68. The van der Waals surface area contributed by atoms with Crippen molar-refractivity contribution in [3.05, 3.63) is 59.4 Å². The van der Waals surface area contributed by atoms with E-state index in [2.05, 4.69) is 15.5 Å². The number of hydrazone groups is 1. The Morgan fingerprint density at radius 3 is 2.78 bits per heavy atom. The van der Waals surface area contributed by atoms with Gasteiger partial charge in [-0.1, -0.05) is 12.1 Å². The van der Waals surface area contributed by atoms with E-state index in [9.17, 15) is 14.7 Å². The Kier molecular flexibility index (Phi) is 5.40. The second kappa shape index (κ2) is 7.69. The standard InChI is InChI=1S/C16H15N3O4/c1-11-6-7-13(8-17-11)16(22)19-18-9-12-4-2-3-5-14(12)23-10-15(20)21/h2-9H,10H2,1H3,(H,19,22)(H,20,21)/p-1/b18-9+. The molecule has 1 amide bonds. The molecule has 0 unspecified atom stereocenters. The van der Waals surface area contributed by atoms with E-state index in [0.29, 0.717) is 16.9 Å². The van der Waals surface area contributed by atoms with Crippen molar-refractivity contribution in [3.63, 3.8) is 0 Å². The molecular weight excluding hydrogens is 298 g/mol. The van der Waals surface area contributed by atoms with Crippen LogP contribution in [0.4, 0.5) is 0 Å². The van der Waals surface area contributed by atoms with Gasteiger partial charge in [-0.25, -0.2) is 5.43 Å². The van der Waals surface area contributed by atoms with Crippen LogP contribution in [0.3, 0.4) is 0 Å². The molecule has 0 bridgehead atoms. The number of carboxylic acid groups (broad SMARTS) is 1. The van der Waals surface area contributed by atoms with Gasteiger partial charge in [0.1, 0.15) is 12.4 Å². The Bertz CT molecular complexity index is 726. The van der Waals surface area contributed by atoms with Gasteiger partial charge >= 0.3 is 0 Å². The van der Waals surface area contributed by atoms with Crippen LogP contribution in [-0.2, 0) is 4.79 Å². The maximum atomic E-state index is 11.9. The summed E-state index contributed by atoms with van der Waals surface area (Å²) in [6.45, 7) is 1.26. The fourth-order valence-electron chi connectivity index (χ4n) is 1.68. The molecule has 118 valence electrons. The van der Waals surface area contributed by atoms with E-state index < -0.39 is 18.5 Å². The monoisotopic (exact) mass is 312 g/mol. The van der Waals surface area contributed by atoms with Gasteiger partial charge < -0.3 is 14.6 Å². The molecular formula is C16H14N3O4-. The lowest BCUT2D eigenvalue weighted by atomic mass is 10.2. The molecule has 0 aliphatic rings. The number of amides is 1. The van der Waals surface area contributed by atoms with Crippen molar-refractivity contribution in [3.8, 4) is 5.75 Å². The van der Waals surface area contributed by atoms with Gasteiger partial charge in [-0.05, 0) is 31.2 Å². The first-order valence-corrected chi connectivity index (χ1v) is 6.74. The third kappa shape index (κ3) is 4.92. The number of ether oxygens (including phenoxy) is 1. The number of aryl methyl sites for hydroxylation is 1. The van der Waals surface area contributed by atoms with Gasteiger partial charge in [-0.3, -0.25) is 9.78 Å². The maximum Gasteiger partial charge on any atom is 0.272 e. The number of carboxylic acids is 1. The molecule has 7 heteroatoms. The van der Waals surface area contributed by atoms with Gasteiger partial charge in [-0.15, -0.1) is 0 Å². The number of rotatable bonds is 6. The van der Waals surface area contributed by atoms with Gasteiger partial charge in [0.2, 0.25) is 0 Å². The van der Waals surface area contributed by atoms with Crippen molar-refractivity contribution in [2.75, 3.05) is 6.61 Å². The second-order valence-corrected chi connectivity index (χ2v) is 4.59. The lowest BCUT2D eigenvalue weighted by molar-refractivity contribution is -0.307. The molecule has 1 N–H and O–H groups in total. The number of carbonyl (C=O) groups excluding carboxylic acids is 2. The average Bonchev–Trinajstić information content (AvgIpc) is 2.54. The number of hydrogen-bond donors (Lipinski definition) is 1. The van der Waals surface area contributed by atoms with Gasteiger partial charge in [0.15, 0.2) is 0 Å². The number of nitrogens with zero attached hydrogens (tertiary/aromatic N) is 2. The summed E-state index contributed by atoms with van der Waals surface area (Å²) >= 11 is 0. The van der Waals surface area contributed by atoms with Crippen molar-refractivity contribution in [2.45, 2.75) is 6.92 Å². The van der Waals surface area contributed by atoms with Gasteiger partial charge in [0, 0.05) is 17.5 Å². The van der Waals surface area contributed by atoms with Crippen LogP contribution in [0.1, 0.15) is 21.6 Å². The van der Waals surface area contributed by atoms with Gasteiger partial charge in [0.25, 0.3) is 5.91 Å². The first kappa shape index (κ1) is 16.2. The Hall–Kier alpha value is -3.22. The Morgan fingerprint density at radius 2 is 2.09 bits per heavy atom. The Balaban J connectivity index is 2.01. The topological polar surface area (TPSA) is 104 Å². The van der Waals surface area contributed by atoms with Gasteiger partial charge in [-0.2, -0.15) is 5.10 Å². The highest BCUT2D eigenvalue weighted by atomic mass is 16.5. The summed E-state index contributed by atoms with van der Waals surface area (Å²) in [6, 6.07) is 10.1. The van der Waals surface area contributed by atoms with E-state index in [1.807, 2.05) is 6.92 Å². The summed E-state index contributed by atoms with van der Waals surface area (Å²) in [5, 5.41) is 14.3. The molecule has 0 fully saturated rings. The molecule has 0 saturated carbocycles. The summed E-state index contributed by atoms with van der Waals surface area (Å²) < 4.78 is 5.08. The number of aliphatic carboxylic acids is 1. The van der Waals surface area contributed by atoms with Crippen LogP contribution >= 0.6 is 0 Å². The number of aromatic nitrogens is 1. The smallest absolute Gasteiger partial charge is 0.272 e. The first-order chi connectivity index (χ1) is 11.1. The number of para-hydroxylation sites is 1. The zero-order valence-corrected chi connectivity index (χ0v) is 12.4. The van der Waals surface area contributed by atoms with Crippen LogP contribution in [-0.4, -0.2) is 29.7 Å².